The van der Waals surface area contributed by atoms with Crippen LogP contribution in [0.5, 0.6) is 5.75 Å². The molecule has 0 atom stereocenters. The molecular formula is C19H24N2O2. The Hall–Kier alpha value is -2.49. The van der Waals surface area contributed by atoms with Crippen molar-refractivity contribution < 1.29 is 9.53 Å². The summed E-state index contributed by atoms with van der Waals surface area (Å²) in [5.74, 6) is 0.779. The monoisotopic (exact) mass is 312 g/mol. The molecule has 0 aliphatic carbocycles. The minimum atomic E-state index is -0.265. The number of hydrogen-bond acceptors (Lipinski definition) is 2. The molecule has 0 unspecified atom stereocenters. The van der Waals surface area contributed by atoms with Crippen molar-refractivity contribution in [1.29, 1.82) is 0 Å². The number of ether oxygens (including phenoxy) is 1. The van der Waals surface area contributed by atoms with E-state index in [1.165, 1.54) is 5.56 Å². The average Bonchev–Trinajstić information content (AvgIpc) is 2.51. The third kappa shape index (κ3) is 4.49. The van der Waals surface area contributed by atoms with Crippen molar-refractivity contribution in [3.05, 3.63) is 58.7 Å². The second-order valence-corrected chi connectivity index (χ2v) is 5.65. The standard InChI is InChI=1S/C19H24N2O2/c1-5-16-8-6-7-14(3)18(16)21-19(22)20-12-23-17-10-9-13(2)11-15(17)4/h6-11H,5,12H2,1-4H3,(H2,20,21,22). The van der Waals surface area contributed by atoms with Gasteiger partial charge in [-0.1, -0.05) is 42.8 Å². The van der Waals surface area contributed by atoms with Crippen LogP contribution in [0.25, 0.3) is 0 Å². The molecular weight excluding hydrogens is 288 g/mol. The van der Waals surface area contributed by atoms with Crippen molar-refractivity contribution in [3.8, 4) is 5.75 Å². The first-order chi connectivity index (χ1) is 11.0. The number of benzene rings is 2. The molecule has 0 aromatic heterocycles. The zero-order chi connectivity index (χ0) is 16.8. The fourth-order valence-electron chi connectivity index (χ4n) is 2.50. The minimum Gasteiger partial charge on any atom is -0.473 e. The Morgan fingerprint density at radius 3 is 2.57 bits per heavy atom. The second-order valence-electron chi connectivity index (χ2n) is 5.65. The zero-order valence-corrected chi connectivity index (χ0v) is 14.2. The molecule has 4 nitrogen and oxygen atoms in total. The van der Waals surface area contributed by atoms with Gasteiger partial charge in [0.15, 0.2) is 6.73 Å². The molecule has 23 heavy (non-hydrogen) atoms. The Morgan fingerprint density at radius 2 is 1.87 bits per heavy atom. The summed E-state index contributed by atoms with van der Waals surface area (Å²) >= 11 is 0. The first-order valence-corrected chi connectivity index (χ1v) is 7.84. The Labute approximate surface area is 137 Å². The molecule has 2 N–H and O–H groups in total. The molecule has 2 aromatic rings. The second kappa shape index (κ2) is 7.68. The number of carbonyl (C=O) groups excluding carboxylic acids is 1. The lowest BCUT2D eigenvalue weighted by Crippen LogP contribution is -2.32. The lowest BCUT2D eigenvalue weighted by molar-refractivity contribution is 0.234. The van der Waals surface area contributed by atoms with Gasteiger partial charge in [0.05, 0.1) is 0 Å². The van der Waals surface area contributed by atoms with Crippen molar-refractivity contribution in [3.63, 3.8) is 0 Å². The highest BCUT2D eigenvalue weighted by molar-refractivity contribution is 5.90. The largest absolute Gasteiger partial charge is 0.473 e. The maximum atomic E-state index is 12.1. The van der Waals surface area contributed by atoms with Crippen LogP contribution in [0.15, 0.2) is 36.4 Å². The molecule has 122 valence electrons. The van der Waals surface area contributed by atoms with E-state index in [2.05, 4.69) is 23.6 Å². The Morgan fingerprint density at radius 1 is 1.09 bits per heavy atom. The van der Waals surface area contributed by atoms with Gasteiger partial charge in [-0.15, -0.1) is 0 Å². The van der Waals surface area contributed by atoms with Crippen LogP contribution in [0, 0.1) is 20.8 Å². The molecule has 0 aliphatic rings. The first kappa shape index (κ1) is 16.9. The maximum Gasteiger partial charge on any atom is 0.321 e. The van der Waals surface area contributed by atoms with E-state index in [0.29, 0.717) is 0 Å². The first-order valence-electron chi connectivity index (χ1n) is 7.84. The van der Waals surface area contributed by atoms with Gasteiger partial charge in [-0.2, -0.15) is 0 Å². The van der Waals surface area contributed by atoms with Crippen LogP contribution < -0.4 is 15.4 Å². The van der Waals surface area contributed by atoms with Gasteiger partial charge in [-0.3, -0.25) is 0 Å². The molecule has 0 spiro atoms. The van der Waals surface area contributed by atoms with Gasteiger partial charge in [0.25, 0.3) is 0 Å². The number of urea groups is 1. The van der Waals surface area contributed by atoms with Crippen LogP contribution in [0.4, 0.5) is 10.5 Å². The van der Waals surface area contributed by atoms with Gasteiger partial charge >= 0.3 is 6.03 Å². The number of anilines is 1. The molecule has 0 fully saturated rings. The predicted octanol–water partition coefficient (Wildman–Crippen LogP) is 4.33. The highest BCUT2D eigenvalue weighted by atomic mass is 16.5. The number of amides is 2. The van der Waals surface area contributed by atoms with E-state index in [9.17, 15) is 4.79 Å². The van der Waals surface area contributed by atoms with Crippen LogP contribution >= 0.6 is 0 Å². The number of carbonyl (C=O) groups is 1. The van der Waals surface area contributed by atoms with E-state index in [0.717, 1.165) is 34.5 Å². The van der Waals surface area contributed by atoms with Crippen LogP contribution in [0.1, 0.15) is 29.2 Å². The van der Waals surface area contributed by atoms with E-state index in [-0.39, 0.29) is 12.8 Å². The van der Waals surface area contributed by atoms with Crippen LogP contribution in [-0.2, 0) is 6.42 Å². The number of nitrogens with one attached hydrogen (secondary N) is 2. The molecule has 0 bridgehead atoms. The van der Waals surface area contributed by atoms with Crippen molar-refractivity contribution in [1.82, 2.24) is 5.32 Å². The van der Waals surface area contributed by atoms with Crippen molar-refractivity contribution in [2.45, 2.75) is 34.1 Å². The molecule has 2 rings (SSSR count). The highest BCUT2D eigenvalue weighted by Crippen LogP contribution is 2.21. The summed E-state index contributed by atoms with van der Waals surface area (Å²) in [6.07, 6.45) is 0.871. The quantitative estimate of drug-likeness (QED) is 0.807. The smallest absolute Gasteiger partial charge is 0.321 e. The fraction of sp³-hybridized carbons (Fsp3) is 0.316. The third-order valence-corrected chi connectivity index (χ3v) is 3.77. The topological polar surface area (TPSA) is 50.4 Å². The highest BCUT2D eigenvalue weighted by Gasteiger charge is 2.08. The van der Waals surface area contributed by atoms with Gasteiger partial charge in [-0.25, -0.2) is 4.79 Å². The number of hydrogen-bond donors (Lipinski definition) is 2. The minimum absolute atomic E-state index is 0.128. The normalized spacial score (nSPS) is 10.3. The van der Waals surface area contributed by atoms with Crippen LogP contribution in [0.2, 0.25) is 0 Å². The summed E-state index contributed by atoms with van der Waals surface area (Å²) in [5, 5.41) is 5.64. The lowest BCUT2D eigenvalue weighted by Gasteiger charge is -2.14. The summed E-state index contributed by atoms with van der Waals surface area (Å²) in [5.41, 5.74) is 5.29. The number of aryl methyl sites for hydroxylation is 4. The molecule has 0 heterocycles. The number of para-hydroxylation sites is 1. The molecule has 0 aliphatic heterocycles. The molecule has 0 radical (unpaired) electrons. The van der Waals surface area contributed by atoms with Crippen LogP contribution in [-0.4, -0.2) is 12.8 Å². The zero-order valence-electron chi connectivity index (χ0n) is 14.2. The van der Waals surface area contributed by atoms with Gasteiger partial charge in [0.2, 0.25) is 0 Å². The van der Waals surface area contributed by atoms with Gasteiger partial charge < -0.3 is 15.4 Å². The van der Waals surface area contributed by atoms with E-state index in [1.54, 1.807) is 0 Å². The molecule has 2 aromatic carbocycles. The maximum absolute atomic E-state index is 12.1. The fourth-order valence-corrected chi connectivity index (χ4v) is 2.50. The lowest BCUT2D eigenvalue weighted by atomic mass is 10.1. The van der Waals surface area contributed by atoms with Gasteiger partial charge in [0, 0.05) is 5.69 Å². The molecule has 0 saturated heterocycles. The van der Waals surface area contributed by atoms with Gasteiger partial charge in [-0.05, 0) is 49.9 Å². The molecule has 0 saturated carbocycles. The van der Waals surface area contributed by atoms with Crippen molar-refractivity contribution in [2.75, 3.05) is 12.0 Å². The third-order valence-electron chi connectivity index (χ3n) is 3.77. The summed E-state index contributed by atoms with van der Waals surface area (Å²) in [7, 11) is 0. The van der Waals surface area contributed by atoms with Crippen LogP contribution in [0.3, 0.4) is 0 Å². The SMILES string of the molecule is CCc1cccc(C)c1NC(=O)NCOc1ccc(C)cc1C. The summed E-state index contributed by atoms with van der Waals surface area (Å²) in [6.45, 7) is 8.21. The van der Waals surface area contributed by atoms with E-state index in [4.69, 9.17) is 4.74 Å². The van der Waals surface area contributed by atoms with Crippen molar-refractivity contribution >= 4 is 11.7 Å². The Kier molecular flexibility index (Phi) is 5.63. The Bertz CT molecular complexity index is 696. The molecule has 4 heteroatoms. The number of rotatable bonds is 5. The summed E-state index contributed by atoms with van der Waals surface area (Å²) < 4.78 is 5.62. The predicted molar refractivity (Wildman–Crippen MR) is 94.1 cm³/mol. The van der Waals surface area contributed by atoms with Gasteiger partial charge in [0.1, 0.15) is 5.75 Å². The van der Waals surface area contributed by atoms with Crippen molar-refractivity contribution in [2.24, 2.45) is 0 Å². The summed E-state index contributed by atoms with van der Waals surface area (Å²) in [4.78, 5) is 12.1. The average molecular weight is 312 g/mol. The Balaban J connectivity index is 1.91. The van der Waals surface area contributed by atoms with E-state index >= 15 is 0 Å². The van der Waals surface area contributed by atoms with E-state index < -0.39 is 0 Å². The summed E-state index contributed by atoms with van der Waals surface area (Å²) in [6, 6.07) is 11.7. The van der Waals surface area contributed by atoms with E-state index in [1.807, 2.05) is 51.1 Å². The molecule has 2 amide bonds.